The lowest BCUT2D eigenvalue weighted by Crippen LogP contribution is -2.32. The van der Waals surface area contributed by atoms with Crippen molar-refractivity contribution in [2.45, 2.75) is 13.3 Å². The van der Waals surface area contributed by atoms with E-state index in [4.69, 9.17) is 0 Å². The zero-order valence-corrected chi connectivity index (χ0v) is 6.65. The van der Waals surface area contributed by atoms with Crippen LogP contribution < -0.4 is 0 Å². The molecule has 0 aliphatic carbocycles. The van der Waals surface area contributed by atoms with E-state index in [1.807, 2.05) is 0 Å². The first-order chi connectivity index (χ1) is 5.66. The van der Waals surface area contributed by atoms with Crippen LogP contribution in [0.5, 0.6) is 0 Å². The maximum Gasteiger partial charge on any atom is 0.294 e. The number of hydrogen-bond donors (Lipinski definition) is 0. The van der Waals surface area contributed by atoms with E-state index in [0.29, 0.717) is 0 Å². The van der Waals surface area contributed by atoms with Crippen molar-refractivity contribution < 1.29 is 19.1 Å². The standard InChI is InChI=1S/C7H9NO4/c1-5-2-6(10)8(7(5)11)3-12-4-9/h4-5H,2-3H2,1H3. The molecular formula is C7H9NO4. The van der Waals surface area contributed by atoms with Gasteiger partial charge in [0.15, 0.2) is 6.73 Å². The Bertz CT molecular complexity index is 225. The molecule has 0 aromatic heterocycles. The third-order valence-electron chi connectivity index (χ3n) is 1.74. The Morgan fingerprint density at radius 2 is 2.33 bits per heavy atom. The van der Waals surface area contributed by atoms with Gasteiger partial charge in [-0.2, -0.15) is 0 Å². The van der Waals surface area contributed by atoms with Crippen LogP contribution in [-0.4, -0.2) is 29.9 Å². The maximum atomic E-state index is 11.1. The van der Waals surface area contributed by atoms with Crippen molar-refractivity contribution in [2.75, 3.05) is 6.73 Å². The van der Waals surface area contributed by atoms with Crippen LogP contribution in [0.15, 0.2) is 0 Å². The molecule has 1 atom stereocenters. The highest BCUT2D eigenvalue weighted by molar-refractivity contribution is 6.03. The summed E-state index contributed by atoms with van der Waals surface area (Å²) in [5.74, 6) is -0.844. The van der Waals surface area contributed by atoms with Gasteiger partial charge in [0.1, 0.15) is 0 Å². The van der Waals surface area contributed by atoms with Crippen molar-refractivity contribution in [1.29, 1.82) is 0 Å². The van der Waals surface area contributed by atoms with E-state index < -0.39 is 0 Å². The van der Waals surface area contributed by atoms with Crippen LogP contribution in [-0.2, 0) is 19.1 Å². The number of likely N-dealkylation sites (tertiary alicyclic amines) is 1. The number of nitrogens with zero attached hydrogens (tertiary/aromatic N) is 1. The average molecular weight is 171 g/mol. The predicted octanol–water partition coefficient (Wildman–Crippen LogP) is -0.488. The van der Waals surface area contributed by atoms with E-state index in [1.165, 1.54) is 0 Å². The zero-order chi connectivity index (χ0) is 9.14. The highest BCUT2D eigenvalue weighted by Gasteiger charge is 2.35. The van der Waals surface area contributed by atoms with Gasteiger partial charge < -0.3 is 4.74 Å². The Kier molecular flexibility index (Phi) is 2.42. The number of ether oxygens (including phenoxy) is 1. The summed E-state index contributed by atoms with van der Waals surface area (Å²) >= 11 is 0. The van der Waals surface area contributed by atoms with Gasteiger partial charge in [0.25, 0.3) is 6.47 Å². The molecule has 1 rings (SSSR count). The lowest BCUT2D eigenvalue weighted by Gasteiger charge is -2.11. The molecule has 0 bridgehead atoms. The molecule has 1 heterocycles. The van der Waals surface area contributed by atoms with Crippen molar-refractivity contribution in [2.24, 2.45) is 5.92 Å². The summed E-state index contributed by atoms with van der Waals surface area (Å²) in [6, 6.07) is 0. The normalized spacial score (nSPS) is 23.1. The fourth-order valence-corrected chi connectivity index (χ4v) is 1.09. The molecule has 0 aromatic rings. The molecule has 1 saturated heterocycles. The third kappa shape index (κ3) is 1.44. The van der Waals surface area contributed by atoms with Gasteiger partial charge >= 0.3 is 0 Å². The fourth-order valence-electron chi connectivity index (χ4n) is 1.09. The average Bonchev–Trinajstić information content (AvgIpc) is 2.25. The Labute approximate surface area is 69.3 Å². The molecule has 5 nitrogen and oxygen atoms in total. The van der Waals surface area contributed by atoms with Crippen LogP contribution in [0.3, 0.4) is 0 Å². The topological polar surface area (TPSA) is 63.7 Å². The second-order valence-electron chi connectivity index (χ2n) is 2.66. The number of rotatable bonds is 3. The molecule has 0 radical (unpaired) electrons. The van der Waals surface area contributed by atoms with Crippen LogP contribution in [0.2, 0.25) is 0 Å². The molecule has 5 heteroatoms. The number of imide groups is 1. The van der Waals surface area contributed by atoms with Crippen LogP contribution in [0, 0.1) is 5.92 Å². The Morgan fingerprint density at radius 3 is 2.75 bits per heavy atom. The molecule has 66 valence electrons. The minimum absolute atomic E-state index is 0.209. The van der Waals surface area contributed by atoms with E-state index in [1.54, 1.807) is 6.92 Å². The Hall–Kier alpha value is -1.39. The van der Waals surface area contributed by atoms with Gasteiger partial charge in [-0.3, -0.25) is 14.4 Å². The summed E-state index contributed by atoms with van der Waals surface area (Å²) in [7, 11) is 0. The first-order valence-corrected chi connectivity index (χ1v) is 3.56. The van der Waals surface area contributed by atoms with Crippen LogP contribution in [0.4, 0.5) is 0 Å². The second-order valence-corrected chi connectivity index (χ2v) is 2.66. The van der Waals surface area contributed by atoms with Gasteiger partial charge in [0, 0.05) is 12.3 Å². The molecule has 0 aromatic carbocycles. The van der Waals surface area contributed by atoms with Gasteiger partial charge in [-0.1, -0.05) is 6.92 Å². The fraction of sp³-hybridized carbons (Fsp3) is 0.571. The summed E-state index contributed by atoms with van der Waals surface area (Å²) in [5.41, 5.74) is 0. The lowest BCUT2D eigenvalue weighted by molar-refractivity contribution is -0.148. The monoisotopic (exact) mass is 171 g/mol. The van der Waals surface area contributed by atoms with Crippen LogP contribution in [0.25, 0.3) is 0 Å². The zero-order valence-electron chi connectivity index (χ0n) is 6.65. The number of carbonyl (C=O) groups excluding carboxylic acids is 3. The van der Waals surface area contributed by atoms with Gasteiger partial charge in [-0.25, -0.2) is 4.90 Å². The Balaban J connectivity index is 2.57. The van der Waals surface area contributed by atoms with Crippen LogP contribution in [0.1, 0.15) is 13.3 Å². The smallest absolute Gasteiger partial charge is 0.294 e. The van der Waals surface area contributed by atoms with E-state index in [2.05, 4.69) is 4.74 Å². The van der Waals surface area contributed by atoms with Crippen LogP contribution >= 0.6 is 0 Å². The van der Waals surface area contributed by atoms with Gasteiger partial charge in [0.05, 0.1) is 0 Å². The van der Waals surface area contributed by atoms with Gasteiger partial charge in [-0.05, 0) is 0 Å². The summed E-state index contributed by atoms with van der Waals surface area (Å²) < 4.78 is 4.31. The minimum Gasteiger partial charge on any atom is -0.446 e. The van der Waals surface area contributed by atoms with Crippen molar-refractivity contribution in [3.63, 3.8) is 0 Å². The minimum atomic E-state index is -0.284. The largest absolute Gasteiger partial charge is 0.446 e. The van der Waals surface area contributed by atoms with Crippen molar-refractivity contribution >= 4 is 18.3 Å². The van der Waals surface area contributed by atoms with Gasteiger partial charge in [0.2, 0.25) is 11.8 Å². The van der Waals surface area contributed by atoms with Crippen molar-refractivity contribution in [3.8, 4) is 0 Å². The molecule has 2 amide bonds. The SMILES string of the molecule is CC1CC(=O)N(COC=O)C1=O. The first kappa shape index (κ1) is 8.70. The predicted molar refractivity (Wildman–Crippen MR) is 37.7 cm³/mol. The maximum absolute atomic E-state index is 11.1. The highest BCUT2D eigenvalue weighted by Crippen LogP contribution is 2.17. The molecule has 0 N–H and O–H groups in total. The summed E-state index contributed by atoms with van der Waals surface area (Å²) in [5, 5.41) is 0. The van der Waals surface area contributed by atoms with Crippen molar-refractivity contribution in [1.82, 2.24) is 4.90 Å². The van der Waals surface area contributed by atoms with E-state index in [-0.39, 0.29) is 37.4 Å². The van der Waals surface area contributed by atoms with E-state index in [9.17, 15) is 14.4 Å². The number of carbonyl (C=O) groups is 3. The highest BCUT2D eigenvalue weighted by atomic mass is 16.5. The molecule has 0 spiro atoms. The molecule has 0 saturated carbocycles. The number of amides is 2. The number of hydrogen-bond acceptors (Lipinski definition) is 4. The molecule has 12 heavy (non-hydrogen) atoms. The van der Waals surface area contributed by atoms with E-state index in [0.717, 1.165) is 4.90 Å². The second kappa shape index (κ2) is 3.34. The molecular weight excluding hydrogens is 162 g/mol. The Morgan fingerprint density at radius 1 is 1.67 bits per heavy atom. The summed E-state index contributed by atoms with van der Waals surface area (Å²) in [6.45, 7) is 1.62. The van der Waals surface area contributed by atoms with Crippen molar-refractivity contribution in [3.05, 3.63) is 0 Å². The lowest BCUT2D eigenvalue weighted by atomic mass is 10.1. The first-order valence-electron chi connectivity index (χ1n) is 3.56. The molecule has 1 fully saturated rings. The quantitative estimate of drug-likeness (QED) is 0.424. The molecule has 1 unspecified atom stereocenters. The summed E-state index contributed by atoms with van der Waals surface area (Å²) in [6.07, 6.45) is 0.209. The third-order valence-corrected chi connectivity index (χ3v) is 1.74. The van der Waals surface area contributed by atoms with Gasteiger partial charge in [-0.15, -0.1) is 0 Å². The summed E-state index contributed by atoms with van der Waals surface area (Å²) in [4.78, 5) is 32.9. The van der Waals surface area contributed by atoms with E-state index >= 15 is 0 Å². The molecule has 1 aliphatic heterocycles. The molecule has 1 aliphatic rings.